The highest BCUT2D eigenvalue weighted by molar-refractivity contribution is 7.99. The number of rotatable bonds is 16. The van der Waals surface area contributed by atoms with Crippen LogP contribution in [0.15, 0.2) is 0 Å². The van der Waals surface area contributed by atoms with E-state index < -0.39 is 0 Å². The molecule has 0 bridgehead atoms. The highest BCUT2D eigenvalue weighted by Gasteiger charge is 2.45. The highest BCUT2D eigenvalue weighted by atomic mass is 32.2. The summed E-state index contributed by atoms with van der Waals surface area (Å²) in [6.45, 7) is 117. The normalized spacial score (nSPS) is 20.5. The number of piperidine rings is 2. The fourth-order valence-electron chi connectivity index (χ4n) is 20.7. The number of nitrogens with one attached hydrogen (secondary N) is 3. The van der Waals surface area contributed by atoms with Crippen molar-refractivity contribution in [1.82, 2.24) is 16.0 Å². The van der Waals surface area contributed by atoms with Gasteiger partial charge >= 0.3 is 0 Å². The van der Waals surface area contributed by atoms with Crippen molar-refractivity contribution in [3.63, 3.8) is 0 Å². The van der Waals surface area contributed by atoms with E-state index in [2.05, 4.69) is 249 Å². The molecule has 0 aromatic heterocycles. The maximum atomic E-state index is 5.99. The van der Waals surface area contributed by atoms with Crippen LogP contribution in [0.5, 0.6) is 0 Å². The summed E-state index contributed by atoms with van der Waals surface area (Å²) in [5, 5.41) is 10.9. The number of hydrogen-bond donors (Lipinski definition) is 3. The smallest absolute Gasteiger partial charge is 0.0728 e. The van der Waals surface area contributed by atoms with Crippen LogP contribution < -0.4 is 16.0 Å². The van der Waals surface area contributed by atoms with Crippen LogP contribution in [0.1, 0.15) is 467 Å². The van der Waals surface area contributed by atoms with Crippen LogP contribution in [0, 0.1) is 122 Å². The van der Waals surface area contributed by atoms with E-state index in [0.717, 1.165) is 116 Å². The first-order valence-electron chi connectivity index (χ1n) is 49.8. The molecule has 1 aliphatic carbocycles. The zero-order valence-electron chi connectivity index (χ0n) is 87.0. The van der Waals surface area contributed by atoms with E-state index >= 15 is 0 Å². The molecule has 7 aliphatic heterocycles. The van der Waals surface area contributed by atoms with Crippen molar-refractivity contribution >= 4 is 11.8 Å². The SMILES string of the molecule is CC.CC.CC.CC.CC.CC.CC.CC.CC(C)C1(C(C)C)CCCCC1.CC(C)C1(C(C)C)CCCCN1.CC(C)C1(C(C)C)CCCCO1.CC(C)C1(C(C)C)CCCN1.CC(C)C1(C(C)C)CCCNC1.CC(C)C1(C(C)C)CCCOC1.CC(C)C1(C(C)C)CCOCC1.CC(C)C1(C(C)C)CCSCC1. The van der Waals surface area contributed by atoms with Gasteiger partial charge < -0.3 is 30.2 Å². The Hall–Kier alpha value is 0.110. The average Bonchev–Trinajstić information content (AvgIpc) is 1.75. The molecular weight excluding hydrogens is 1370 g/mol. The molecule has 7 heterocycles. The Balaban J connectivity index is -0.000000177. The van der Waals surface area contributed by atoms with Crippen LogP contribution >= 0.6 is 11.8 Å². The van der Waals surface area contributed by atoms with Crippen molar-refractivity contribution in [1.29, 1.82) is 0 Å². The molecule has 6 nitrogen and oxygen atoms in total. The summed E-state index contributed by atoms with van der Waals surface area (Å²) >= 11 is 2.13. The molecule has 8 fully saturated rings. The second-order valence-corrected chi connectivity index (χ2v) is 38.8. The molecule has 8 rings (SSSR count). The molecule has 0 amide bonds. The van der Waals surface area contributed by atoms with Gasteiger partial charge in [-0.2, -0.15) is 11.8 Å². The predicted molar refractivity (Wildman–Crippen MR) is 519 cm³/mol. The standard InChI is InChI=1S/C12H24.2C11H23N.3C11H22O.C11H22S.C10H21N.8C2H6/c1-10(2)12(11(3)4)8-6-5-7-9-12;1-9(2)11(10(3)4)6-5-7-12-8-11;1-9(2)11(10(3)4)7-5-6-8-12-11;1-9(2)11(10(3)4)5-7-12-8-6-11;1-9(2)11(10(3)4)6-5-7-12-8-11;1-9(2)11(10(3)4)7-5-6-8-12-11;1-9(2)11(10(3)4)5-7-12-8-6-11;1-8(2)10(9(3)4)6-5-7-11-10;8*1-2/h10-11H,5-9H2,1-4H3;2*9-10,12H,5-8H2,1-4H3;4*9-10H,5-8H2,1-4H3;8-9,11H,5-7H2,1-4H3;8*1-2H3. The number of thioether (sulfide) groups is 1. The molecule has 7 heteroatoms. The summed E-state index contributed by atoms with van der Waals surface area (Å²) in [5.74, 6) is 15.3. The van der Waals surface area contributed by atoms with Crippen molar-refractivity contribution in [2.45, 2.75) is 484 Å². The lowest BCUT2D eigenvalue weighted by molar-refractivity contribution is -0.137. The summed E-state index contributed by atoms with van der Waals surface area (Å²) in [6, 6.07) is 0. The van der Waals surface area contributed by atoms with Crippen molar-refractivity contribution in [3.8, 4) is 0 Å². The van der Waals surface area contributed by atoms with Gasteiger partial charge in [-0.3, -0.25) is 0 Å². The van der Waals surface area contributed by atoms with E-state index in [0.29, 0.717) is 50.0 Å². The molecule has 7 saturated heterocycles. The molecule has 0 atom stereocenters. The lowest BCUT2D eigenvalue weighted by atomic mass is 9.61. The minimum Gasteiger partial charge on any atom is -0.381 e. The van der Waals surface area contributed by atoms with Crippen molar-refractivity contribution < 1.29 is 14.2 Å². The van der Waals surface area contributed by atoms with Gasteiger partial charge in [-0.15, -0.1) is 0 Å². The van der Waals surface area contributed by atoms with Crippen LogP contribution in [-0.2, 0) is 14.2 Å². The van der Waals surface area contributed by atoms with Crippen LogP contribution in [0.2, 0.25) is 0 Å². The van der Waals surface area contributed by atoms with E-state index in [-0.39, 0.29) is 5.60 Å². The van der Waals surface area contributed by atoms with Gasteiger partial charge in [0.2, 0.25) is 0 Å². The Morgan fingerprint density at radius 1 is 0.225 bits per heavy atom. The van der Waals surface area contributed by atoms with Gasteiger partial charge in [0, 0.05) is 44.1 Å². The lowest BCUT2D eigenvalue weighted by Gasteiger charge is -2.45. The first-order chi connectivity index (χ1) is 52.3. The molecule has 3 N–H and O–H groups in total. The Morgan fingerprint density at radius 3 is 0.721 bits per heavy atom. The van der Waals surface area contributed by atoms with Crippen molar-refractivity contribution in [2.75, 3.05) is 70.7 Å². The number of ether oxygens (including phenoxy) is 3. The van der Waals surface area contributed by atoms with Crippen LogP contribution in [-0.4, -0.2) is 87.4 Å². The zero-order chi connectivity index (χ0) is 88.8. The largest absolute Gasteiger partial charge is 0.381 e. The Labute approximate surface area is 713 Å². The third-order valence-corrected chi connectivity index (χ3v) is 30.0. The van der Waals surface area contributed by atoms with E-state index in [1.165, 1.54) is 173 Å². The maximum Gasteiger partial charge on any atom is 0.0728 e. The van der Waals surface area contributed by atoms with Gasteiger partial charge in [0.1, 0.15) is 0 Å². The van der Waals surface area contributed by atoms with Gasteiger partial charge in [0.15, 0.2) is 0 Å². The van der Waals surface area contributed by atoms with Gasteiger partial charge in [-0.1, -0.05) is 358 Å². The molecule has 0 unspecified atom stereocenters. The van der Waals surface area contributed by atoms with E-state index in [4.69, 9.17) is 14.2 Å². The van der Waals surface area contributed by atoms with Crippen LogP contribution in [0.25, 0.3) is 0 Å². The minimum atomic E-state index is 0.179. The minimum absolute atomic E-state index is 0.179. The Kier molecular flexibility index (Phi) is 82.0. The average molecular weight is 1600 g/mol. The molecule has 0 spiro atoms. The fraction of sp³-hybridized carbons (Fsp3) is 1.00. The summed E-state index contributed by atoms with van der Waals surface area (Å²) in [6.07, 6.45) is 28.8. The monoisotopic (exact) mass is 1600 g/mol. The third-order valence-electron chi connectivity index (χ3n) is 29.0. The summed E-state index contributed by atoms with van der Waals surface area (Å²) in [5.41, 5.74) is 3.97. The summed E-state index contributed by atoms with van der Waals surface area (Å²) in [7, 11) is 0. The summed E-state index contributed by atoms with van der Waals surface area (Å²) in [4.78, 5) is 0. The second kappa shape index (κ2) is 71.8. The Bertz CT molecular complexity index is 1450. The zero-order valence-corrected chi connectivity index (χ0v) is 87.8. The topological polar surface area (TPSA) is 63.8 Å². The Morgan fingerprint density at radius 2 is 0.523 bits per heavy atom. The molecule has 111 heavy (non-hydrogen) atoms. The highest BCUT2D eigenvalue weighted by Crippen LogP contribution is 2.50. The van der Waals surface area contributed by atoms with Gasteiger partial charge in [-0.25, -0.2) is 0 Å². The molecule has 0 aromatic rings. The van der Waals surface area contributed by atoms with Gasteiger partial charge in [0.25, 0.3) is 0 Å². The van der Waals surface area contributed by atoms with E-state index in [1.807, 2.05) is 111 Å². The van der Waals surface area contributed by atoms with E-state index in [9.17, 15) is 0 Å². The lowest BCUT2D eigenvalue weighted by Crippen LogP contribution is -2.56. The van der Waals surface area contributed by atoms with Crippen molar-refractivity contribution in [3.05, 3.63) is 0 Å². The predicted octanol–water partition coefficient (Wildman–Crippen LogP) is 33.6. The van der Waals surface area contributed by atoms with Gasteiger partial charge in [0.05, 0.1) is 12.2 Å². The molecule has 1 saturated carbocycles. The molecule has 8 aliphatic rings. The third kappa shape index (κ3) is 42.0. The van der Waals surface area contributed by atoms with E-state index in [1.54, 1.807) is 0 Å². The number of hydrogen-bond acceptors (Lipinski definition) is 7. The first-order valence-corrected chi connectivity index (χ1v) is 51.0. The van der Waals surface area contributed by atoms with Crippen molar-refractivity contribution in [2.24, 2.45) is 122 Å². The second-order valence-electron chi connectivity index (χ2n) is 37.6. The quantitative estimate of drug-likeness (QED) is 0.142. The maximum absolute atomic E-state index is 5.99. The fourth-order valence-corrected chi connectivity index (χ4v) is 21.9. The molecule has 0 radical (unpaired) electrons. The molecule has 0 aromatic carbocycles. The van der Waals surface area contributed by atoms with Crippen LogP contribution in [0.4, 0.5) is 0 Å². The van der Waals surface area contributed by atoms with Gasteiger partial charge in [-0.05, 0) is 262 Å². The first kappa shape index (κ1) is 127. The molecule has 682 valence electrons. The summed E-state index contributed by atoms with van der Waals surface area (Å²) < 4.78 is 17.0. The van der Waals surface area contributed by atoms with Crippen LogP contribution in [0.3, 0.4) is 0 Å². The molecular formula is C104H227N3O3S.